The van der Waals surface area contributed by atoms with E-state index in [0.29, 0.717) is 17.6 Å². The van der Waals surface area contributed by atoms with Gasteiger partial charge in [-0.3, -0.25) is 19.1 Å². The number of hydrogen-bond donors (Lipinski definition) is 1. The first-order valence-electron chi connectivity index (χ1n) is 11.6. The molecule has 0 bridgehead atoms. The Morgan fingerprint density at radius 1 is 1.19 bits per heavy atom. The lowest BCUT2D eigenvalue weighted by molar-refractivity contribution is -0.128. The Morgan fingerprint density at radius 2 is 1.97 bits per heavy atom. The van der Waals surface area contributed by atoms with Crippen molar-refractivity contribution >= 4 is 22.6 Å². The van der Waals surface area contributed by atoms with Crippen molar-refractivity contribution in [1.82, 2.24) is 24.5 Å². The van der Waals surface area contributed by atoms with Gasteiger partial charge in [-0.05, 0) is 76.2 Å². The van der Waals surface area contributed by atoms with Crippen LogP contribution in [0.1, 0.15) is 45.1 Å². The molecule has 0 spiro atoms. The molecule has 1 saturated carbocycles. The molecule has 170 valence electrons. The number of carbonyl (C=O) groups is 1. The summed E-state index contributed by atoms with van der Waals surface area (Å²) in [5.41, 5.74) is 1.22. The Bertz CT molecular complexity index is 1120. The molecule has 0 radical (unpaired) electrons. The van der Waals surface area contributed by atoms with E-state index in [-0.39, 0.29) is 5.91 Å². The van der Waals surface area contributed by atoms with Crippen molar-refractivity contribution in [2.24, 2.45) is 13.0 Å². The first-order valence-corrected chi connectivity index (χ1v) is 11.6. The van der Waals surface area contributed by atoms with E-state index in [1.165, 1.54) is 31.2 Å². The molecule has 1 N–H and O–H groups in total. The standard InChI is InChI=1S/C24H32N6O2/c1-24(2,23(31)25-21-10-13-28(3)26-21)32-22-19-14-18(15-29-11-4-5-12-29)8-9-20(19)30(27-22)16-17-6-7-17/h8-10,13-14,17H,4-7,11-12,15-16H2,1-3H3,(H,25,26,31). The molecular weight excluding hydrogens is 404 g/mol. The monoisotopic (exact) mass is 436 g/mol. The van der Waals surface area contributed by atoms with Gasteiger partial charge in [0.25, 0.3) is 5.91 Å². The Kier molecular flexibility index (Phi) is 5.41. The molecule has 1 amide bonds. The second kappa shape index (κ2) is 8.24. The summed E-state index contributed by atoms with van der Waals surface area (Å²) < 4.78 is 9.97. The van der Waals surface area contributed by atoms with Gasteiger partial charge >= 0.3 is 0 Å². The Hall–Kier alpha value is -2.87. The maximum Gasteiger partial charge on any atom is 0.269 e. The lowest BCUT2D eigenvalue weighted by Crippen LogP contribution is -2.42. The van der Waals surface area contributed by atoms with Crippen LogP contribution in [-0.2, 0) is 24.9 Å². The van der Waals surface area contributed by atoms with Crippen LogP contribution in [0.4, 0.5) is 5.82 Å². The van der Waals surface area contributed by atoms with Crippen LogP contribution in [0.2, 0.25) is 0 Å². The van der Waals surface area contributed by atoms with Gasteiger partial charge in [0.2, 0.25) is 5.88 Å². The van der Waals surface area contributed by atoms with Gasteiger partial charge in [-0.2, -0.15) is 5.10 Å². The minimum Gasteiger partial charge on any atom is -0.460 e. The lowest BCUT2D eigenvalue weighted by Gasteiger charge is -2.23. The molecule has 0 unspecified atom stereocenters. The van der Waals surface area contributed by atoms with Crippen molar-refractivity contribution in [3.63, 3.8) is 0 Å². The number of anilines is 1. The Labute approximate surface area is 188 Å². The zero-order valence-electron chi connectivity index (χ0n) is 19.2. The topological polar surface area (TPSA) is 77.2 Å². The average molecular weight is 437 g/mol. The van der Waals surface area contributed by atoms with Crippen molar-refractivity contribution in [1.29, 1.82) is 0 Å². The molecule has 1 aromatic carbocycles. The van der Waals surface area contributed by atoms with Crippen LogP contribution in [0.15, 0.2) is 30.5 Å². The third-order valence-electron chi connectivity index (χ3n) is 6.37. The summed E-state index contributed by atoms with van der Waals surface area (Å²) in [7, 11) is 1.82. The van der Waals surface area contributed by atoms with Crippen LogP contribution >= 0.6 is 0 Å². The molecule has 2 aromatic heterocycles. The van der Waals surface area contributed by atoms with Crippen molar-refractivity contribution in [2.75, 3.05) is 18.4 Å². The molecule has 5 rings (SSSR count). The second-order valence-corrected chi connectivity index (χ2v) is 9.71. The van der Waals surface area contributed by atoms with Crippen LogP contribution in [0, 0.1) is 5.92 Å². The zero-order valence-corrected chi connectivity index (χ0v) is 19.2. The van der Waals surface area contributed by atoms with E-state index in [1.54, 1.807) is 30.8 Å². The van der Waals surface area contributed by atoms with Gasteiger partial charge in [0.15, 0.2) is 11.4 Å². The minimum atomic E-state index is -1.10. The number of nitrogens with zero attached hydrogens (tertiary/aromatic N) is 5. The third-order valence-corrected chi connectivity index (χ3v) is 6.37. The van der Waals surface area contributed by atoms with Crippen LogP contribution in [0.3, 0.4) is 0 Å². The summed E-state index contributed by atoms with van der Waals surface area (Å²) in [6, 6.07) is 8.31. The first kappa shape index (κ1) is 21.0. The average Bonchev–Trinajstić information content (AvgIpc) is 3.09. The summed E-state index contributed by atoms with van der Waals surface area (Å²) in [5.74, 6) is 1.46. The number of benzene rings is 1. The fourth-order valence-electron chi connectivity index (χ4n) is 4.29. The van der Waals surface area contributed by atoms with E-state index in [1.807, 2.05) is 7.05 Å². The molecule has 3 aromatic rings. The van der Waals surface area contributed by atoms with Crippen molar-refractivity contribution in [2.45, 2.75) is 58.2 Å². The van der Waals surface area contributed by atoms with Gasteiger partial charge in [-0.1, -0.05) is 6.07 Å². The minimum absolute atomic E-state index is 0.255. The van der Waals surface area contributed by atoms with Crippen molar-refractivity contribution in [3.05, 3.63) is 36.0 Å². The summed E-state index contributed by atoms with van der Waals surface area (Å²) >= 11 is 0. The highest BCUT2D eigenvalue weighted by molar-refractivity contribution is 5.96. The Balaban J connectivity index is 1.41. The zero-order chi connectivity index (χ0) is 22.3. The van der Waals surface area contributed by atoms with Gasteiger partial charge in [0, 0.05) is 32.4 Å². The van der Waals surface area contributed by atoms with Crippen molar-refractivity contribution in [3.8, 4) is 5.88 Å². The predicted molar refractivity (Wildman–Crippen MR) is 124 cm³/mol. The summed E-state index contributed by atoms with van der Waals surface area (Å²) in [6.07, 6.45) is 6.84. The normalized spacial score (nSPS) is 17.2. The largest absolute Gasteiger partial charge is 0.460 e. The van der Waals surface area contributed by atoms with Gasteiger partial charge in [-0.15, -0.1) is 5.10 Å². The van der Waals surface area contributed by atoms with E-state index in [0.717, 1.165) is 37.1 Å². The first-order chi connectivity index (χ1) is 15.4. The summed E-state index contributed by atoms with van der Waals surface area (Å²) in [5, 5.41) is 12.8. The highest BCUT2D eigenvalue weighted by Crippen LogP contribution is 2.35. The van der Waals surface area contributed by atoms with Crippen LogP contribution in [0.25, 0.3) is 10.9 Å². The van der Waals surface area contributed by atoms with Gasteiger partial charge in [0.05, 0.1) is 10.9 Å². The van der Waals surface area contributed by atoms with E-state index in [2.05, 4.69) is 38.2 Å². The summed E-state index contributed by atoms with van der Waals surface area (Å²) in [6.45, 7) is 7.68. The van der Waals surface area contributed by atoms with E-state index < -0.39 is 5.60 Å². The molecule has 1 aliphatic carbocycles. The number of aromatic nitrogens is 4. The number of carbonyl (C=O) groups excluding carboxylic acids is 1. The second-order valence-electron chi connectivity index (χ2n) is 9.71. The molecule has 2 aliphatic rings. The molecule has 0 atom stereocenters. The van der Waals surface area contributed by atoms with Crippen molar-refractivity contribution < 1.29 is 9.53 Å². The maximum atomic E-state index is 12.9. The smallest absolute Gasteiger partial charge is 0.269 e. The molecule has 8 heteroatoms. The quantitative estimate of drug-likeness (QED) is 0.584. The molecule has 2 fully saturated rings. The number of nitrogens with one attached hydrogen (secondary N) is 1. The number of ether oxygens (including phenoxy) is 1. The molecule has 1 saturated heterocycles. The highest BCUT2D eigenvalue weighted by atomic mass is 16.5. The van der Waals surface area contributed by atoms with E-state index in [9.17, 15) is 4.79 Å². The molecule has 3 heterocycles. The van der Waals surface area contributed by atoms with Gasteiger partial charge in [0.1, 0.15) is 0 Å². The predicted octanol–water partition coefficient (Wildman–Crippen LogP) is 3.57. The van der Waals surface area contributed by atoms with Crippen LogP contribution in [-0.4, -0.2) is 49.1 Å². The molecule has 1 aliphatic heterocycles. The number of amides is 1. The fraction of sp³-hybridized carbons (Fsp3) is 0.542. The lowest BCUT2D eigenvalue weighted by atomic mass is 10.1. The van der Waals surface area contributed by atoms with Gasteiger partial charge < -0.3 is 10.1 Å². The van der Waals surface area contributed by atoms with E-state index >= 15 is 0 Å². The molecule has 32 heavy (non-hydrogen) atoms. The third kappa shape index (κ3) is 4.50. The summed E-state index contributed by atoms with van der Waals surface area (Å²) in [4.78, 5) is 15.4. The molecular formula is C24H32N6O2. The fourth-order valence-corrected chi connectivity index (χ4v) is 4.29. The van der Waals surface area contributed by atoms with Crippen LogP contribution < -0.4 is 10.1 Å². The SMILES string of the molecule is Cn1ccc(NC(=O)C(C)(C)Oc2nn(CC3CC3)c3ccc(CN4CCCC4)cc23)n1. The Morgan fingerprint density at radius 3 is 2.66 bits per heavy atom. The van der Waals surface area contributed by atoms with Crippen LogP contribution in [0.5, 0.6) is 5.88 Å². The molecule has 8 nitrogen and oxygen atoms in total. The highest BCUT2D eigenvalue weighted by Gasteiger charge is 2.33. The number of fused-ring (bicyclic) bond motifs is 1. The number of likely N-dealkylation sites (tertiary alicyclic amines) is 1. The van der Waals surface area contributed by atoms with E-state index in [4.69, 9.17) is 9.84 Å². The number of rotatable bonds is 8. The maximum absolute atomic E-state index is 12.9. The van der Waals surface area contributed by atoms with Gasteiger partial charge in [-0.25, -0.2) is 0 Å². The number of aryl methyl sites for hydroxylation is 1. The number of hydrogen-bond acceptors (Lipinski definition) is 5.